The van der Waals surface area contributed by atoms with E-state index in [9.17, 15) is 4.79 Å². The van der Waals surface area contributed by atoms with E-state index in [0.717, 1.165) is 28.6 Å². The average molecular weight is 256 g/mol. The molecule has 98 valence electrons. The topological polar surface area (TPSA) is 55.1 Å². The van der Waals surface area contributed by atoms with Crippen LogP contribution in [0.4, 0.5) is 0 Å². The minimum Gasteiger partial charge on any atom is -0.478 e. The molecule has 0 saturated carbocycles. The number of carbonyl (C=O) groups is 1. The minimum absolute atomic E-state index is 0.687. The van der Waals surface area contributed by atoms with E-state index in [1.807, 2.05) is 44.4 Å². The number of carboxylic acids is 1. The number of aryl methyl sites for hydroxylation is 1. The molecule has 0 amide bonds. The van der Waals surface area contributed by atoms with E-state index in [-0.39, 0.29) is 0 Å². The van der Waals surface area contributed by atoms with E-state index in [1.165, 1.54) is 0 Å². The number of hydrogen-bond acceptors (Lipinski definition) is 2. The van der Waals surface area contributed by atoms with E-state index in [2.05, 4.69) is 9.55 Å². The van der Waals surface area contributed by atoms with Crippen LogP contribution in [-0.4, -0.2) is 20.6 Å². The van der Waals surface area contributed by atoms with Gasteiger partial charge in [-0.2, -0.15) is 0 Å². The molecule has 1 N–H and O–H groups in total. The first-order valence-electron chi connectivity index (χ1n) is 6.05. The van der Waals surface area contributed by atoms with E-state index < -0.39 is 5.97 Å². The van der Waals surface area contributed by atoms with Gasteiger partial charge in [-0.15, -0.1) is 0 Å². The predicted octanol–water partition coefficient (Wildman–Crippen LogP) is 2.65. The maximum absolute atomic E-state index is 10.6. The molecule has 1 aromatic carbocycles. The SMILES string of the molecule is Cc1ncn(Cc2ccccc2C=CC(=O)O)c1C. The Bertz CT molecular complexity index is 627. The molecular weight excluding hydrogens is 240 g/mol. The summed E-state index contributed by atoms with van der Waals surface area (Å²) in [4.78, 5) is 14.9. The molecule has 2 aromatic rings. The molecule has 0 atom stereocenters. The molecule has 0 aliphatic heterocycles. The monoisotopic (exact) mass is 256 g/mol. The largest absolute Gasteiger partial charge is 0.478 e. The summed E-state index contributed by atoms with van der Waals surface area (Å²) in [6.07, 6.45) is 4.59. The molecule has 4 heteroatoms. The van der Waals surface area contributed by atoms with Gasteiger partial charge in [-0.25, -0.2) is 9.78 Å². The summed E-state index contributed by atoms with van der Waals surface area (Å²) in [6.45, 7) is 4.69. The summed E-state index contributed by atoms with van der Waals surface area (Å²) < 4.78 is 2.06. The molecule has 1 heterocycles. The van der Waals surface area contributed by atoms with Crippen molar-refractivity contribution in [2.75, 3.05) is 0 Å². The predicted molar refractivity (Wildman–Crippen MR) is 73.9 cm³/mol. The quantitative estimate of drug-likeness (QED) is 0.855. The molecule has 0 unspecified atom stereocenters. The molecule has 0 saturated heterocycles. The Labute approximate surface area is 112 Å². The van der Waals surface area contributed by atoms with Gasteiger partial charge in [0.15, 0.2) is 0 Å². The summed E-state index contributed by atoms with van der Waals surface area (Å²) in [7, 11) is 0. The number of aliphatic carboxylic acids is 1. The zero-order chi connectivity index (χ0) is 13.8. The standard InChI is InChI=1S/C15H16N2O2/c1-11-12(2)17(10-16-11)9-14-6-4-3-5-13(14)7-8-15(18)19/h3-8,10H,9H2,1-2H3,(H,18,19). The molecule has 0 fully saturated rings. The Hall–Kier alpha value is -2.36. The average Bonchev–Trinajstić information content (AvgIpc) is 2.70. The molecule has 2 rings (SSSR count). The van der Waals surface area contributed by atoms with Crippen LogP contribution in [0.3, 0.4) is 0 Å². The fraction of sp³-hybridized carbons (Fsp3) is 0.200. The van der Waals surface area contributed by atoms with Crippen molar-refractivity contribution in [1.29, 1.82) is 0 Å². The molecule has 0 spiro atoms. The Morgan fingerprint density at radius 3 is 2.74 bits per heavy atom. The van der Waals surface area contributed by atoms with Gasteiger partial charge in [0, 0.05) is 18.3 Å². The normalized spacial score (nSPS) is 11.1. The number of carboxylic acid groups (broad SMARTS) is 1. The van der Waals surface area contributed by atoms with Crippen LogP contribution in [0.5, 0.6) is 0 Å². The molecule has 0 bridgehead atoms. The van der Waals surface area contributed by atoms with Crippen molar-refractivity contribution in [3.8, 4) is 0 Å². The molecule has 0 aliphatic carbocycles. The van der Waals surface area contributed by atoms with Crippen molar-refractivity contribution in [2.45, 2.75) is 20.4 Å². The minimum atomic E-state index is -0.940. The van der Waals surface area contributed by atoms with Crippen molar-refractivity contribution >= 4 is 12.0 Å². The molecule has 1 aromatic heterocycles. The third-order valence-corrected chi connectivity index (χ3v) is 3.15. The lowest BCUT2D eigenvalue weighted by Gasteiger charge is -2.08. The van der Waals surface area contributed by atoms with E-state index >= 15 is 0 Å². The maximum atomic E-state index is 10.6. The van der Waals surface area contributed by atoms with Crippen LogP contribution >= 0.6 is 0 Å². The van der Waals surface area contributed by atoms with Gasteiger partial charge in [0.1, 0.15) is 0 Å². The lowest BCUT2D eigenvalue weighted by atomic mass is 10.1. The van der Waals surface area contributed by atoms with Gasteiger partial charge in [0.2, 0.25) is 0 Å². The Kier molecular flexibility index (Phi) is 3.80. The van der Waals surface area contributed by atoms with Crippen LogP contribution in [0, 0.1) is 13.8 Å². The Morgan fingerprint density at radius 2 is 2.11 bits per heavy atom. The van der Waals surface area contributed by atoms with Crippen LogP contribution in [-0.2, 0) is 11.3 Å². The third kappa shape index (κ3) is 3.10. The molecular formula is C15H16N2O2. The summed E-state index contributed by atoms with van der Waals surface area (Å²) in [6, 6.07) is 7.76. The van der Waals surface area contributed by atoms with Gasteiger partial charge < -0.3 is 9.67 Å². The van der Waals surface area contributed by atoms with E-state index in [4.69, 9.17) is 5.11 Å². The van der Waals surface area contributed by atoms with Gasteiger partial charge in [0.25, 0.3) is 0 Å². The van der Waals surface area contributed by atoms with Crippen LogP contribution in [0.2, 0.25) is 0 Å². The number of aromatic nitrogens is 2. The fourth-order valence-corrected chi connectivity index (χ4v) is 1.89. The van der Waals surface area contributed by atoms with Crippen LogP contribution in [0.25, 0.3) is 6.08 Å². The van der Waals surface area contributed by atoms with E-state index in [1.54, 1.807) is 6.08 Å². The lowest BCUT2D eigenvalue weighted by Crippen LogP contribution is -2.02. The molecule has 0 radical (unpaired) electrons. The number of hydrogen-bond donors (Lipinski definition) is 1. The van der Waals surface area contributed by atoms with Crippen molar-refractivity contribution < 1.29 is 9.90 Å². The van der Waals surface area contributed by atoms with Gasteiger partial charge in [-0.1, -0.05) is 24.3 Å². The molecule has 0 aliphatic rings. The van der Waals surface area contributed by atoms with Crippen molar-refractivity contribution in [3.63, 3.8) is 0 Å². The first-order valence-corrected chi connectivity index (χ1v) is 6.05. The maximum Gasteiger partial charge on any atom is 0.328 e. The number of nitrogens with zero attached hydrogens (tertiary/aromatic N) is 2. The summed E-state index contributed by atoms with van der Waals surface area (Å²) in [5, 5.41) is 8.70. The summed E-state index contributed by atoms with van der Waals surface area (Å²) in [5.41, 5.74) is 4.12. The highest BCUT2D eigenvalue weighted by Gasteiger charge is 2.05. The second-order valence-corrected chi connectivity index (χ2v) is 4.41. The van der Waals surface area contributed by atoms with Crippen molar-refractivity contribution in [3.05, 3.63) is 59.2 Å². The van der Waals surface area contributed by atoms with Crippen molar-refractivity contribution in [1.82, 2.24) is 9.55 Å². The summed E-state index contributed by atoms with van der Waals surface area (Å²) >= 11 is 0. The first-order chi connectivity index (χ1) is 9.08. The Balaban J connectivity index is 2.30. The van der Waals surface area contributed by atoms with Crippen LogP contribution < -0.4 is 0 Å². The van der Waals surface area contributed by atoms with Crippen molar-refractivity contribution in [2.24, 2.45) is 0 Å². The molecule has 4 nitrogen and oxygen atoms in total. The number of imidazole rings is 1. The van der Waals surface area contributed by atoms with Crippen LogP contribution in [0.15, 0.2) is 36.7 Å². The zero-order valence-electron chi connectivity index (χ0n) is 11.0. The number of rotatable bonds is 4. The van der Waals surface area contributed by atoms with Gasteiger partial charge >= 0.3 is 5.97 Å². The smallest absolute Gasteiger partial charge is 0.328 e. The summed E-state index contributed by atoms with van der Waals surface area (Å²) in [5.74, 6) is -0.940. The first kappa shape index (κ1) is 13.1. The third-order valence-electron chi connectivity index (χ3n) is 3.15. The van der Waals surface area contributed by atoms with Crippen LogP contribution in [0.1, 0.15) is 22.5 Å². The lowest BCUT2D eigenvalue weighted by molar-refractivity contribution is -0.131. The highest BCUT2D eigenvalue weighted by atomic mass is 16.4. The number of benzene rings is 1. The van der Waals surface area contributed by atoms with Gasteiger partial charge in [0.05, 0.1) is 12.0 Å². The van der Waals surface area contributed by atoms with Gasteiger partial charge in [-0.3, -0.25) is 0 Å². The second kappa shape index (κ2) is 5.52. The van der Waals surface area contributed by atoms with E-state index in [0.29, 0.717) is 6.54 Å². The molecule has 19 heavy (non-hydrogen) atoms. The Morgan fingerprint density at radius 1 is 1.37 bits per heavy atom. The highest BCUT2D eigenvalue weighted by Crippen LogP contribution is 2.14. The zero-order valence-corrected chi connectivity index (χ0v) is 11.0. The highest BCUT2D eigenvalue weighted by molar-refractivity contribution is 5.85. The fourth-order valence-electron chi connectivity index (χ4n) is 1.89. The van der Waals surface area contributed by atoms with Gasteiger partial charge in [-0.05, 0) is 31.1 Å². The second-order valence-electron chi connectivity index (χ2n) is 4.41.